The van der Waals surface area contributed by atoms with Crippen molar-refractivity contribution in [2.75, 3.05) is 6.61 Å². The molecular formula is C11H14BrNO. The largest absolute Gasteiger partial charge is 0.359 e. The van der Waals surface area contributed by atoms with E-state index in [0.717, 1.165) is 17.5 Å². The van der Waals surface area contributed by atoms with Crippen molar-refractivity contribution in [1.82, 2.24) is 5.32 Å². The van der Waals surface area contributed by atoms with E-state index in [1.54, 1.807) is 0 Å². The Labute approximate surface area is 92.8 Å². The van der Waals surface area contributed by atoms with E-state index in [1.807, 2.05) is 12.1 Å². The molecule has 1 N–H and O–H groups in total. The van der Waals surface area contributed by atoms with E-state index in [2.05, 4.69) is 40.3 Å². The van der Waals surface area contributed by atoms with Crippen LogP contribution in [0.5, 0.6) is 0 Å². The topological polar surface area (TPSA) is 21.3 Å². The lowest BCUT2D eigenvalue weighted by molar-refractivity contribution is -0.0168. The van der Waals surface area contributed by atoms with Gasteiger partial charge in [0.15, 0.2) is 0 Å². The van der Waals surface area contributed by atoms with E-state index in [1.165, 1.54) is 5.56 Å². The third kappa shape index (κ3) is 2.35. The number of ether oxygens (including phenoxy) is 1. The molecule has 1 aliphatic rings. The van der Waals surface area contributed by atoms with Crippen molar-refractivity contribution in [2.24, 2.45) is 0 Å². The molecule has 2 nitrogen and oxygen atoms in total. The highest BCUT2D eigenvalue weighted by Crippen LogP contribution is 2.22. The molecular weight excluding hydrogens is 242 g/mol. The first-order valence-electron chi connectivity index (χ1n) is 4.89. The molecule has 1 saturated heterocycles. The Morgan fingerprint density at radius 1 is 1.50 bits per heavy atom. The minimum Gasteiger partial charge on any atom is -0.359 e. The second-order valence-electron chi connectivity index (χ2n) is 3.66. The highest BCUT2D eigenvalue weighted by atomic mass is 79.9. The summed E-state index contributed by atoms with van der Waals surface area (Å²) in [5, 5.41) is 3.42. The Balaban J connectivity index is 2.14. The van der Waals surface area contributed by atoms with Crippen molar-refractivity contribution >= 4 is 15.9 Å². The second-order valence-corrected chi connectivity index (χ2v) is 4.58. The summed E-state index contributed by atoms with van der Waals surface area (Å²) >= 11 is 3.46. The van der Waals surface area contributed by atoms with Gasteiger partial charge in [0.2, 0.25) is 0 Å². The normalized spacial score (nSPS) is 27.6. The van der Waals surface area contributed by atoms with Gasteiger partial charge in [0.25, 0.3) is 0 Å². The quantitative estimate of drug-likeness (QED) is 0.834. The minimum atomic E-state index is 0.0521. The fourth-order valence-corrected chi connectivity index (χ4v) is 2.03. The zero-order chi connectivity index (χ0) is 9.97. The lowest BCUT2D eigenvalue weighted by Crippen LogP contribution is -2.38. The molecule has 2 rings (SSSR count). The summed E-state index contributed by atoms with van der Waals surface area (Å²) in [6.07, 6.45) is 1.14. The number of hydrogen-bond donors (Lipinski definition) is 1. The molecule has 0 spiro atoms. The Morgan fingerprint density at radius 3 is 3.07 bits per heavy atom. The van der Waals surface area contributed by atoms with E-state index >= 15 is 0 Å². The van der Waals surface area contributed by atoms with Crippen molar-refractivity contribution in [3.63, 3.8) is 0 Å². The number of nitrogens with one attached hydrogen (secondary N) is 1. The van der Waals surface area contributed by atoms with Crippen molar-refractivity contribution in [3.8, 4) is 0 Å². The summed E-state index contributed by atoms with van der Waals surface area (Å²) in [6, 6.07) is 8.77. The van der Waals surface area contributed by atoms with Crippen LogP contribution in [0.25, 0.3) is 0 Å². The van der Waals surface area contributed by atoms with E-state index in [-0.39, 0.29) is 6.23 Å². The molecule has 1 heterocycles. The highest BCUT2D eigenvalue weighted by Gasteiger charge is 2.19. The minimum absolute atomic E-state index is 0.0521. The maximum absolute atomic E-state index is 5.66. The van der Waals surface area contributed by atoms with Gasteiger partial charge >= 0.3 is 0 Å². The molecule has 1 fully saturated rings. The SMILES string of the molecule is C[C@H]1CCO[C@@H](c2cccc(Br)c2)N1. The highest BCUT2D eigenvalue weighted by molar-refractivity contribution is 9.10. The molecule has 3 heteroatoms. The summed E-state index contributed by atoms with van der Waals surface area (Å²) < 4.78 is 6.75. The number of halogens is 1. The van der Waals surface area contributed by atoms with Crippen LogP contribution in [-0.2, 0) is 4.74 Å². The van der Waals surface area contributed by atoms with Gasteiger partial charge in [-0.05, 0) is 31.0 Å². The third-order valence-electron chi connectivity index (χ3n) is 2.42. The molecule has 0 aromatic heterocycles. The monoisotopic (exact) mass is 255 g/mol. The van der Waals surface area contributed by atoms with Gasteiger partial charge in [-0.2, -0.15) is 0 Å². The first-order valence-corrected chi connectivity index (χ1v) is 5.68. The summed E-state index contributed by atoms with van der Waals surface area (Å²) in [5.41, 5.74) is 1.19. The molecule has 0 unspecified atom stereocenters. The summed E-state index contributed by atoms with van der Waals surface area (Å²) in [5.74, 6) is 0. The second kappa shape index (κ2) is 4.43. The number of hydrogen-bond acceptors (Lipinski definition) is 2. The van der Waals surface area contributed by atoms with Crippen molar-refractivity contribution in [2.45, 2.75) is 25.6 Å². The summed E-state index contributed by atoms with van der Waals surface area (Å²) in [7, 11) is 0. The van der Waals surface area contributed by atoms with Crippen LogP contribution < -0.4 is 5.32 Å². The van der Waals surface area contributed by atoms with Gasteiger partial charge in [0, 0.05) is 10.5 Å². The lowest BCUT2D eigenvalue weighted by Gasteiger charge is -2.29. The van der Waals surface area contributed by atoms with Gasteiger partial charge in [-0.1, -0.05) is 28.1 Å². The molecule has 0 bridgehead atoms. The molecule has 1 aromatic rings. The zero-order valence-corrected chi connectivity index (χ0v) is 9.75. The van der Waals surface area contributed by atoms with Crippen LogP contribution >= 0.6 is 15.9 Å². The summed E-state index contributed by atoms with van der Waals surface area (Å²) in [6.45, 7) is 3.03. The molecule has 1 aliphatic heterocycles. The molecule has 0 saturated carbocycles. The van der Waals surface area contributed by atoms with Crippen molar-refractivity contribution < 1.29 is 4.74 Å². The van der Waals surface area contributed by atoms with Gasteiger partial charge in [-0.3, -0.25) is 5.32 Å². The zero-order valence-electron chi connectivity index (χ0n) is 8.16. The molecule has 14 heavy (non-hydrogen) atoms. The van der Waals surface area contributed by atoms with Gasteiger partial charge in [-0.15, -0.1) is 0 Å². The lowest BCUT2D eigenvalue weighted by atomic mass is 10.1. The van der Waals surface area contributed by atoms with E-state index < -0.39 is 0 Å². The fraction of sp³-hybridized carbons (Fsp3) is 0.455. The van der Waals surface area contributed by atoms with E-state index in [4.69, 9.17) is 4.74 Å². The predicted octanol–water partition coefficient (Wildman–Crippen LogP) is 2.85. The van der Waals surface area contributed by atoms with Gasteiger partial charge in [0.05, 0.1) is 6.61 Å². The average Bonchev–Trinajstić information content (AvgIpc) is 2.18. The van der Waals surface area contributed by atoms with Gasteiger partial charge in [0.1, 0.15) is 6.23 Å². The van der Waals surface area contributed by atoms with Crippen LogP contribution in [0.4, 0.5) is 0 Å². The molecule has 0 radical (unpaired) electrons. The number of rotatable bonds is 1. The van der Waals surface area contributed by atoms with E-state index in [9.17, 15) is 0 Å². The Morgan fingerprint density at radius 2 is 2.36 bits per heavy atom. The summed E-state index contributed by atoms with van der Waals surface area (Å²) in [4.78, 5) is 0. The van der Waals surface area contributed by atoms with Gasteiger partial charge < -0.3 is 4.74 Å². The molecule has 2 atom stereocenters. The van der Waals surface area contributed by atoms with Gasteiger partial charge in [-0.25, -0.2) is 0 Å². The fourth-order valence-electron chi connectivity index (χ4n) is 1.61. The molecule has 0 aliphatic carbocycles. The van der Waals surface area contributed by atoms with Crippen LogP contribution in [0, 0.1) is 0 Å². The Bertz CT molecular complexity index is 316. The molecule has 0 amide bonds. The first kappa shape index (κ1) is 10.1. The smallest absolute Gasteiger partial charge is 0.134 e. The predicted molar refractivity (Wildman–Crippen MR) is 60.0 cm³/mol. The Hall–Kier alpha value is -0.380. The third-order valence-corrected chi connectivity index (χ3v) is 2.92. The maximum Gasteiger partial charge on any atom is 0.134 e. The number of benzene rings is 1. The Kier molecular flexibility index (Phi) is 3.21. The van der Waals surface area contributed by atoms with Crippen LogP contribution in [0.3, 0.4) is 0 Å². The van der Waals surface area contributed by atoms with Crippen LogP contribution in [0.15, 0.2) is 28.7 Å². The standard InChI is InChI=1S/C11H14BrNO/c1-8-5-6-14-11(13-8)9-3-2-4-10(12)7-9/h2-4,7-8,11,13H,5-6H2,1H3/t8-,11-/m0/s1. The van der Waals surface area contributed by atoms with Crippen LogP contribution in [0.1, 0.15) is 25.1 Å². The van der Waals surface area contributed by atoms with Crippen LogP contribution in [0.2, 0.25) is 0 Å². The van der Waals surface area contributed by atoms with Crippen molar-refractivity contribution in [3.05, 3.63) is 34.3 Å². The molecule has 76 valence electrons. The molecule has 1 aromatic carbocycles. The average molecular weight is 256 g/mol. The first-order chi connectivity index (χ1) is 6.75. The maximum atomic E-state index is 5.66. The van der Waals surface area contributed by atoms with Crippen molar-refractivity contribution in [1.29, 1.82) is 0 Å². The van der Waals surface area contributed by atoms with Crippen LogP contribution in [-0.4, -0.2) is 12.6 Å². The van der Waals surface area contributed by atoms with E-state index in [0.29, 0.717) is 6.04 Å².